The highest BCUT2D eigenvalue weighted by atomic mass is 32.2. The smallest absolute Gasteiger partial charge is 0.387 e. The number of anilines is 1. The van der Waals surface area contributed by atoms with Gasteiger partial charge in [0.2, 0.25) is 6.29 Å². The van der Waals surface area contributed by atoms with Crippen LogP contribution in [0.2, 0.25) is 0 Å². The average Bonchev–Trinajstić information content (AvgIpc) is 2.84. The third-order valence-electron chi connectivity index (χ3n) is 5.88. The van der Waals surface area contributed by atoms with Gasteiger partial charge in [0.25, 0.3) is 0 Å². The molecule has 0 heterocycles. The number of nitrogen functional groups attached to an aromatic ring is 1. The van der Waals surface area contributed by atoms with Crippen molar-refractivity contribution in [2.24, 2.45) is 0 Å². The van der Waals surface area contributed by atoms with Crippen molar-refractivity contribution in [3.8, 4) is 0 Å². The summed E-state index contributed by atoms with van der Waals surface area (Å²) in [6, 6.07) is 12.6. The Labute approximate surface area is 214 Å². The summed E-state index contributed by atoms with van der Waals surface area (Å²) in [6.45, 7) is 0. The lowest BCUT2D eigenvalue weighted by molar-refractivity contribution is -0.140. The molecule has 0 saturated carbocycles. The molecule has 0 unspecified atom stereocenters. The molecule has 0 bridgehead atoms. The highest BCUT2D eigenvalue weighted by Crippen LogP contribution is 2.21. The van der Waals surface area contributed by atoms with E-state index in [9.17, 15) is 26.4 Å². The van der Waals surface area contributed by atoms with Gasteiger partial charge in [0.05, 0.1) is 10.6 Å². The van der Waals surface area contributed by atoms with Crippen molar-refractivity contribution in [1.29, 1.82) is 0 Å². The number of carbonyl (C=O) groups is 2. The molecule has 36 heavy (non-hydrogen) atoms. The maximum Gasteiger partial charge on any atom is 0.387 e. The van der Waals surface area contributed by atoms with Crippen molar-refractivity contribution in [3.63, 3.8) is 0 Å². The molecule has 0 aromatic heterocycles. The van der Waals surface area contributed by atoms with E-state index in [1.165, 1.54) is 6.07 Å². The lowest BCUT2D eigenvalue weighted by Crippen LogP contribution is -2.15. The first-order chi connectivity index (χ1) is 17.2. The first kappa shape index (κ1) is 29.5. The Bertz CT molecular complexity index is 1190. The third-order valence-corrected chi connectivity index (χ3v) is 9.02. The van der Waals surface area contributed by atoms with Gasteiger partial charge in [0.1, 0.15) is 4.90 Å². The quantitative estimate of drug-likeness (QED) is 0.101. The van der Waals surface area contributed by atoms with Crippen LogP contribution in [0.15, 0.2) is 58.3 Å². The average molecular weight is 538 g/mol. The third kappa shape index (κ3) is 10.1. The monoisotopic (exact) mass is 537 g/mol. The molecular formula is C26H35NO7S2. The van der Waals surface area contributed by atoms with E-state index in [0.717, 1.165) is 57.8 Å². The van der Waals surface area contributed by atoms with Gasteiger partial charge in [-0.05, 0) is 55.2 Å². The molecule has 0 atom stereocenters. The first-order valence-corrected chi connectivity index (χ1v) is 15.3. The summed E-state index contributed by atoms with van der Waals surface area (Å²) < 4.78 is 53.3. The summed E-state index contributed by atoms with van der Waals surface area (Å²) in [5, 5.41) is 0. The van der Waals surface area contributed by atoms with Crippen LogP contribution in [-0.4, -0.2) is 34.8 Å². The topological polar surface area (TPSA) is 138 Å². The molecule has 0 aliphatic rings. The van der Waals surface area contributed by atoms with Gasteiger partial charge in [0, 0.05) is 5.69 Å². The van der Waals surface area contributed by atoms with Crippen LogP contribution >= 0.6 is 0 Å². The molecule has 2 aromatic rings. The first-order valence-electron chi connectivity index (χ1n) is 12.3. The fourth-order valence-corrected chi connectivity index (χ4v) is 6.39. The van der Waals surface area contributed by atoms with Gasteiger partial charge in [-0.1, -0.05) is 69.6 Å². The molecule has 2 N–H and O–H groups in total. The summed E-state index contributed by atoms with van der Waals surface area (Å²) in [4.78, 5) is 21.7. The molecule has 2 aromatic carbocycles. The van der Waals surface area contributed by atoms with Crippen LogP contribution in [0.1, 0.15) is 69.8 Å². The van der Waals surface area contributed by atoms with Crippen molar-refractivity contribution >= 4 is 37.9 Å². The highest BCUT2D eigenvalue weighted by molar-refractivity contribution is 7.91. The zero-order valence-corrected chi connectivity index (χ0v) is 22.1. The summed E-state index contributed by atoms with van der Waals surface area (Å²) in [6.07, 6.45) is 10.1. The maximum atomic E-state index is 12.3. The second-order valence-corrected chi connectivity index (χ2v) is 12.4. The van der Waals surface area contributed by atoms with E-state index in [4.69, 9.17) is 5.73 Å². The fraction of sp³-hybridized carbons (Fsp3) is 0.462. The minimum absolute atomic E-state index is 0.0820. The van der Waals surface area contributed by atoms with E-state index >= 15 is 0 Å². The molecule has 0 saturated heterocycles. The van der Waals surface area contributed by atoms with Crippen LogP contribution in [-0.2, 0) is 40.1 Å². The van der Waals surface area contributed by atoms with Gasteiger partial charge in [-0.25, -0.2) is 13.2 Å². The van der Waals surface area contributed by atoms with Crippen molar-refractivity contribution in [2.45, 2.75) is 80.4 Å². The normalized spacial score (nSPS) is 11.8. The Hall–Kier alpha value is -2.72. The number of sulfone groups is 1. The molecular weight excluding hydrogens is 502 g/mol. The van der Waals surface area contributed by atoms with Gasteiger partial charge in [-0.3, -0.25) is 4.79 Å². The predicted molar refractivity (Wildman–Crippen MR) is 139 cm³/mol. The molecule has 0 fully saturated rings. The lowest BCUT2D eigenvalue weighted by Gasteiger charge is -2.09. The molecule has 0 radical (unpaired) electrons. The number of aryl methyl sites for hydroxylation is 1. The van der Waals surface area contributed by atoms with Gasteiger partial charge >= 0.3 is 16.1 Å². The largest absolute Gasteiger partial charge is 0.399 e. The molecule has 0 aliphatic carbocycles. The Kier molecular flexibility index (Phi) is 12.1. The molecule has 8 nitrogen and oxygen atoms in total. The zero-order valence-electron chi connectivity index (χ0n) is 20.4. The minimum atomic E-state index is -4.31. The highest BCUT2D eigenvalue weighted by Gasteiger charge is 2.22. The van der Waals surface area contributed by atoms with E-state index in [-0.39, 0.29) is 16.9 Å². The molecule has 10 heteroatoms. The SMILES string of the molecule is Nc1ccc(S(=O)(=O)CCCCCCCCCCCCc2ccccc2S(=O)(=O)OC(=O)C=O)cc1. The van der Waals surface area contributed by atoms with E-state index in [0.29, 0.717) is 29.0 Å². The van der Waals surface area contributed by atoms with Crippen LogP contribution in [0.25, 0.3) is 0 Å². The Morgan fingerprint density at radius 2 is 1.28 bits per heavy atom. The molecule has 2 rings (SSSR count). The van der Waals surface area contributed by atoms with E-state index in [1.807, 2.05) is 0 Å². The molecule has 0 spiro atoms. The van der Waals surface area contributed by atoms with Gasteiger partial charge in [-0.2, -0.15) is 8.42 Å². The van der Waals surface area contributed by atoms with Crippen LogP contribution in [0.3, 0.4) is 0 Å². The Balaban J connectivity index is 1.56. The van der Waals surface area contributed by atoms with Crippen LogP contribution in [0.4, 0.5) is 5.69 Å². The molecule has 0 amide bonds. The summed E-state index contributed by atoms with van der Waals surface area (Å²) in [7, 11) is -7.56. The van der Waals surface area contributed by atoms with Gasteiger partial charge in [-0.15, -0.1) is 0 Å². The van der Waals surface area contributed by atoms with Crippen LogP contribution in [0, 0.1) is 0 Å². The second kappa shape index (κ2) is 14.7. The van der Waals surface area contributed by atoms with E-state index < -0.39 is 25.9 Å². The number of unbranched alkanes of at least 4 members (excludes halogenated alkanes) is 9. The van der Waals surface area contributed by atoms with Crippen molar-refractivity contribution in [2.75, 3.05) is 11.5 Å². The van der Waals surface area contributed by atoms with Gasteiger partial charge < -0.3 is 9.92 Å². The van der Waals surface area contributed by atoms with Crippen molar-refractivity contribution in [3.05, 3.63) is 54.1 Å². The Morgan fingerprint density at radius 3 is 1.86 bits per heavy atom. The number of carbonyl (C=O) groups excluding carboxylic acids is 2. The Morgan fingerprint density at radius 1 is 0.750 bits per heavy atom. The molecule has 198 valence electrons. The van der Waals surface area contributed by atoms with Crippen LogP contribution in [0.5, 0.6) is 0 Å². The van der Waals surface area contributed by atoms with E-state index in [1.54, 1.807) is 42.5 Å². The van der Waals surface area contributed by atoms with Gasteiger partial charge in [0.15, 0.2) is 9.84 Å². The second-order valence-electron chi connectivity index (χ2n) is 8.76. The number of hydrogen-bond acceptors (Lipinski definition) is 8. The number of nitrogens with two attached hydrogens (primary N) is 1. The summed E-state index contributed by atoms with van der Waals surface area (Å²) >= 11 is 0. The van der Waals surface area contributed by atoms with Crippen LogP contribution < -0.4 is 5.73 Å². The van der Waals surface area contributed by atoms with Crippen molar-refractivity contribution in [1.82, 2.24) is 0 Å². The fourth-order valence-electron chi connectivity index (χ4n) is 3.94. The van der Waals surface area contributed by atoms with Crippen molar-refractivity contribution < 1.29 is 30.6 Å². The number of hydrogen-bond donors (Lipinski definition) is 1. The lowest BCUT2D eigenvalue weighted by atomic mass is 10.0. The number of aldehydes is 1. The van der Waals surface area contributed by atoms with E-state index in [2.05, 4.69) is 4.18 Å². The summed E-state index contributed by atoms with van der Waals surface area (Å²) in [5.41, 5.74) is 6.72. The maximum absolute atomic E-state index is 12.3. The molecule has 0 aliphatic heterocycles. The minimum Gasteiger partial charge on any atom is -0.399 e. The number of rotatable bonds is 17. The zero-order chi connectivity index (χ0) is 26.4. The number of benzene rings is 2. The summed E-state index contributed by atoms with van der Waals surface area (Å²) in [5.74, 6) is -1.28. The predicted octanol–water partition coefficient (Wildman–Crippen LogP) is 4.62. The standard InChI is InChI=1S/C26H35NO7S2/c27-23-16-18-24(19-17-23)35(30,31)20-12-8-6-4-2-1-3-5-7-9-13-22-14-10-11-15-25(22)36(32,33)34-26(29)21-28/h10-11,14-19,21H,1-9,12-13,20,27H2.